The molecule has 1 fully saturated rings. The minimum Gasteiger partial charge on any atom is -0.444 e. The lowest BCUT2D eigenvalue weighted by molar-refractivity contribution is -0.120. The maximum absolute atomic E-state index is 12.8. The van der Waals surface area contributed by atoms with Crippen LogP contribution in [0.25, 0.3) is 0 Å². The fourth-order valence-electron chi connectivity index (χ4n) is 3.46. The van der Waals surface area contributed by atoms with Crippen LogP contribution in [0.5, 0.6) is 0 Å². The van der Waals surface area contributed by atoms with Crippen molar-refractivity contribution >= 4 is 46.0 Å². The third-order valence-corrected chi connectivity index (χ3v) is 7.59. The highest BCUT2D eigenvalue weighted by Crippen LogP contribution is 2.32. The van der Waals surface area contributed by atoms with Gasteiger partial charge < -0.3 is 14.6 Å². The minimum absolute atomic E-state index is 0.0473. The zero-order valence-corrected chi connectivity index (χ0v) is 21.3. The molecule has 2 amide bonds. The second kappa shape index (κ2) is 10.7. The van der Waals surface area contributed by atoms with E-state index in [-0.39, 0.29) is 22.8 Å². The van der Waals surface area contributed by atoms with Gasteiger partial charge in [0.05, 0.1) is 27.9 Å². The van der Waals surface area contributed by atoms with Gasteiger partial charge in [-0.2, -0.15) is 0 Å². The van der Waals surface area contributed by atoms with Crippen LogP contribution >= 0.6 is 23.1 Å². The molecule has 0 atom stereocenters. The van der Waals surface area contributed by atoms with Crippen LogP contribution in [-0.4, -0.2) is 50.0 Å². The Morgan fingerprint density at radius 3 is 2.49 bits per heavy atom. The van der Waals surface area contributed by atoms with Gasteiger partial charge in [-0.25, -0.2) is 25.4 Å². The molecule has 3 N–H and O–H groups in total. The van der Waals surface area contributed by atoms with Crippen molar-refractivity contribution in [3.05, 3.63) is 42.0 Å². The fraction of sp³-hybridized carbons (Fsp3) is 0.455. The number of piperidine rings is 1. The average molecular weight is 518 g/mol. The summed E-state index contributed by atoms with van der Waals surface area (Å²) in [5.74, 6) is 1.76. The SMILES string of the molecule is CC(C)(C)c1cnc(CSc2cnc(NC(=O)C3CCN(c4ncc(C(=O)NO)cn4)CC3)s2)o1. The van der Waals surface area contributed by atoms with E-state index < -0.39 is 5.91 Å². The predicted octanol–water partition coefficient (Wildman–Crippen LogP) is 3.49. The van der Waals surface area contributed by atoms with Crippen LogP contribution in [0.2, 0.25) is 0 Å². The Kier molecular flexibility index (Phi) is 7.67. The van der Waals surface area contributed by atoms with E-state index in [9.17, 15) is 9.59 Å². The lowest BCUT2D eigenvalue weighted by atomic mass is 9.94. The first-order chi connectivity index (χ1) is 16.7. The lowest BCUT2D eigenvalue weighted by Crippen LogP contribution is -2.39. The van der Waals surface area contributed by atoms with Crippen LogP contribution < -0.4 is 15.7 Å². The first-order valence-corrected chi connectivity index (χ1v) is 12.9. The van der Waals surface area contributed by atoms with Crippen molar-refractivity contribution in [3.8, 4) is 0 Å². The smallest absolute Gasteiger partial charge is 0.277 e. The number of amides is 2. The summed E-state index contributed by atoms with van der Waals surface area (Å²) in [6.45, 7) is 7.49. The number of hydrogen-bond acceptors (Lipinski definition) is 11. The minimum atomic E-state index is -0.664. The normalized spacial score (nSPS) is 14.7. The number of anilines is 2. The van der Waals surface area contributed by atoms with Crippen LogP contribution in [0.1, 0.15) is 55.6 Å². The van der Waals surface area contributed by atoms with E-state index in [1.807, 2.05) is 4.90 Å². The zero-order valence-electron chi connectivity index (χ0n) is 19.6. The number of hydroxylamine groups is 1. The Hall–Kier alpha value is -3.03. The number of thiazole rings is 1. The summed E-state index contributed by atoms with van der Waals surface area (Å²) < 4.78 is 6.80. The molecule has 0 spiro atoms. The second-order valence-electron chi connectivity index (χ2n) is 9.10. The molecule has 4 heterocycles. The standard InChI is InChI=1S/C22H27N7O4S2/c1-22(2,3)15-10-23-16(33-15)12-34-17-11-26-21(35-17)27-18(30)13-4-6-29(7-5-13)20-24-8-14(9-25-20)19(31)28-32/h8-11,13,32H,4-7,12H2,1-3H3,(H,28,31)(H,26,27,30). The largest absolute Gasteiger partial charge is 0.444 e. The Labute approximate surface area is 210 Å². The molecule has 35 heavy (non-hydrogen) atoms. The number of hydrogen-bond donors (Lipinski definition) is 3. The van der Waals surface area contributed by atoms with Gasteiger partial charge in [0.15, 0.2) is 5.13 Å². The number of nitrogens with zero attached hydrogens (tertiary/aromatic N) is 5. The van der Waals surface area contributed by atoms with Gasteiger partial charge in [0, 0.05) is 36.8 Å². The molecular weight excluding hydrogens is 490 g/mol. The third kappa shape index (κ3) is 6.35. The molecule has 1 aliphatic heterocycles. The van der Waals surface area contributed by atoms with E-state index in [4.69, 9.17) is 9.62 Å². The van der Waals surface area contributed by atoms with Gasteiger partial charge in [0.25, 0.3) is 5.91 Å². The van der Waals surface area contributed by atoms with Gasteiger partial charge >= 0.3 is 0 Å². The average Bonchev–Trinajstić information content (AvgIpc) is 3.52. The molecule has 0 bridgehead atoms. The summed E-state index contributed by atoms with van der Waals surface area (Å²) in [4.78, 5) is 43.2. The summed E-state index contributed by atoms with van der Waals surface area (Å²) in [5.41, 5.74) is 1.64. The van der Waals surface area contributed by atoms with Crippen LogP contribution in [0.3, 0.4) is 0 Å². The van der Waals surface area contributed by atoms with Gasteiger partial charge in [-0.3, -0.25) is 14.8 Å². The summed E-state index contributed by atoms with van der Waals surface area (Å²) in [6, 6.07) is 0. The molecule has 0 aromatic carbocycles. The molecule has 3 aromatic heterocycles. The molecule has 3 aromatic rings. The zero-order chi connectivity index (χ0) is 25.0. The predicted molar refractivity (Wildman–Crippen MR) is 132 cm³/mol. The molecule has 186 valence electrons. The fourth-order valence-corrected chi connectivity index (χ4v) is 5.18. The summed E-state index contributed by atoms with van der Waals surface area (Å²) in [7, 11) is 0. The first kappa shape index (κ1) is 25.1. The van der Waals surface area contributed by atoms with E-state index in [1.54, 1.807) is 29.6 Å². The number of carbonyl (C=O) groups is 2. The van der Waals surface area contributed by atoms with E-state index in [0.717, 1.165) is 9.97 Å². The maximum atomic E-state index is 12.8. The summed E-state index contributed by atoms with van der Waals surface area (Å²) in [5, 5.41) is 12.2. The molecular formula is C22H27N7O4S2. The molecule has 1 aliphatic rings. The number of rotatable bonds is 7. The van der Waals surface area contributed by atoms with E-state index in [0.29, 0.717) is 48.7 Å². The van der Waals surface area contributed by atoms with Crippen molar-refractivity contribution in [2.24, 2.45) is 5.92 Å². The number of carbonyl (C=O) groups excluding carboxylic acids is 2. The van der Waals surface area contributed by atoms with Gasteiger partial charge in [-0.05, 0) is 12.8 Å². The first-order valence-electron chi connectivity index (χ1n) is 11.1. The lowest BCUT2D eigenvalue weighted by Gasteiger charge is -2.31. The van der Waals surface area contributed by atoms with Crippen molar-refractivity contribution in [1.82, 2.24) is 25.4 Å². The van der Waals surface area contributed by atoms with Crippen LogP contribution in [-0.2, 0) is 16.0 Å². The van der Waals surface area contributed by atoms with Crippen molar-refractivity contribution in [2.45, 2.75) is 49.0 Å². The number of oxazole rings is 1. The molecule has 11 nitrogen and oxygen atoms in total. The summed E-state index contributed by atoms with van der Waals surface area (Å²) >= 11 is 3.00. The number of aromatic nitrogens is 4. The quantitative estimate of drug-likeness (QED) is 0.242. The Morgan fingerprint density at radius 1 is 1.14 bits per heavy atom. The van der Waals surface area contributed by atoms with Gasteiger partial charge in [0.2, 0.25) is 17.7 Å². The van der Waals surface area contributed by atoms with Crippen LogP contribution in [0.4, 0.5) is 11.1 Å². The maximum Gasteiger partial charge on any atom is 0.277 e. The molecule has 13 heteroatoms. The molecule has 1 saturated heterocycles. The highest BCUT2D eigenvalue weighted by atomic mass is 32.2. The van der Waals surface area contributed by atoms with E-state index in [1.165, 1.54) is 23.7 Å². The van der Waals surface area contributed by atoms with Crippen molar-refractivity contribution < 1.29 is 19.2 Å². The van der Waals surface area contributed by atoms with Crippen molar-refractivity contribution in [1.29, 1.82) is 0 Å². The third-order valence-electron chi connectivity index (χ3n) is 5.50. The highest BCUT2D eigenvalue weighted by Gasteiger charge is 2.27. The molecule has 0 saturated carbocycles. The monoisotopic (exact) mass is 517 g/mol. The highest BCUT2D eigenvalue weighted by molar-refractivity contribution is 8.00. The second-order valence-corrected chi connectivity index (χ2v) is 11.4. The van der Waals surface area contributed by atoms with Crippen LogP contribution in [0.15, 0.2) is 33.4 Å². The van der Waals surface area contributed by atoms with E-state index in [2.05, 4.69) is 46.0 Å². The number of thioether (sulfide) groups is 1. The Bertz CT molecular complexity index is 1170. The molecule has 0 radical (unpaired) electrons. The molecule has 0 unspecified atom stereocenters. The molecule has 0 aliphatic carbocycles. The Balaban J connectivity index is 1.24. The summed E-state index contributed by atoms with van der Waals surface area (Å²) in [6.07, 6.45) is 7.55. The van der Waals surface area contributed by atoms with Gasteiger partial charge in [-0.15, -0.1) is 11.8 Å². The van der Waals surface area contributed by atoms with Gasteiger partial charge in [-0.1, -0.05) is 32.1 Å². The van der Waals surface area contributed by atoms with E-state index >= 15 is 0 Å². The number of nitrogens with one attached hydrogen (secondary N) is 2. The van der Waals surface area contributed by atoms with Gasteiger partial charge in [0.1, 0.15) is 5.76 Å². The van der Waals surface area contributed by atoms with Crippen molar-refractivity contribution in [3.63, 3.8) is 0 Å². The Morgan fingerprint density at radius 2 is 1.86 bits per heavy atom. The molecule has 4 rings (SSSR count). The van der Waals surface area contributed by atoms with Crippen molar-refractivity contribution in [2.75, 3.05) is 23.3 Å². The van der Waals surface area contributed by atoms with Crippen LogP contribution in [0, 0.1) is 5.92 Å². The topological polar surface area (TPSA) is 146 Å².